The fourth-order valence-electron chi connectivity index (χ4n) is 3.74. The van der Waals surface area contributed by atoms with Crippen molar-refractivity contribution in [1.82, 2.24) is 4.90 Å². The summed E-state index contributed by atoms with van der Waals surface area (Å²) in [5.41, 5.74) is 4.00. The number of rotatable bonds is 9. The van der Waals surface area contributed by atoms with Crippen molar-refractivity contribution < 1.29 is 9.59 Å². The zero-order chi connectivity index (χ0) is 24.6. The lowest BCUT2D eigenvalue weighted by molar-refractivity contribution is -0.122. The highest BCUT2D eigenvalue weighted by Gasteiger charge is 2.31. The number of halogens is 1. The molecule has 35 heavy (non-hydrogen) atoms. The van der Waals surface area contributed by atoms with Crippen molar-refractivity contribution in [2.45, 2.75) is 25.7 Å². The van der Waals surface area contributed by atoms with Crippen LogP contribution in [0.15, 0.2) is 83.8 Å². The molecule has 178 valence electrons. The third-order valence-corrected chi connectivity index (χ3v) is 7.23. The Labute approximate surface area is 220 Å². The zero-order valence-corrected chi connectivity index (χ0v) is 21.5. The molecule has 4 nitrogen and oxygen atoms in total. The van der Waals surface area contributed by atoms with Gasteiger partial charge in [-0.1, -0.05) is 96.6 Å². The Kier molecular flexibility index (Phi) is 8.74. The maximum absolute atomic E-state index is 12.9. The first-order valence-electron chi connectivity index (χ1n) is 11.5. The van der Waals surface area contributed by atoms with E-state index in [0.717, 1.165) is 41.6 Å². The van der Waals surface area contributed by atoms with Gasteiger partial charge in [-0.05, 0) is 59.9 Å². The van der Waals surface area contributed by atoms with Crippen LogP contribution in [0.25, 0.3) is 17.2 Å². The number of unbranched alkanes of at least 4 members (excludes halogenated alkanes) is 2. The third kappa shape index (κ3) is 7.04. The monoisotopic (exact) mass is 520 g/mol. The molecule has 0 bridgehead atoms. The van der Waals surface area contributed by atoms with Gasteiger partial charge in [0.15, 0.2) is 0 Å². The lowest BCUT2D eigenvalue weighted by atomic mass is 10.0. The van der Waals surface area contributed by atoms with Crippen LogP contribution in [0.4, 0.5) is 5.69 Å². The summed E-state index contributed by atoms with van der Waals surface area (Å²) in [4.78, 5) is 27.3. The maximum atomic E-state index is 12.9. The van der Waals surface area contributed by atoms with Gasteiger partial charge in [0.2, 0.25) is 5.91 Å². The van der Waals surface area contributed by atoms with E-state index < -0.39 is 0 Å². The predicted molar refractivity (Wildman–Crippen MR) is 150 cm³/mol. The molecular formula is C28H25ClN2O2S2. The van der Waals surface area contributed by atoms with Gasteiger partial charge in [0, 0.05) is 23.7 Å². The van der Waals surface area contributed by atoms with Crippen molar-refractivity contribution in [3.05, 3.63) is 94.4 Å². The first kappa shape index (κ1) is 25.2. The first-order valence-corrected chi connectivity index (χ1v) is 13.1. The van der Waals surface area contributed by atoms with E-state index in [-0.39, 0.29) is 11.8 Å². The number of benzene rings is 3. The highest BCUT2D eigenvalue weighted by Crippen LogP contribution is 2.33. The van der Waals surface area contributed by atoms with E-state index in [1.165, 1.54) is 11.8 Å². The molecule has 0 atom stereocenters. The second-order valence-electron chi connectivity index (χ2n) is 8.19. The van der Waals surface area contributed by atoms with Crippen LogP contribution >= 0.6 is 35.6 Å². The molecule has 0 aliphatic carbocycles. The van der Waals surface area contributed by atoms with E-state index in [4.69, 9.17) is 23.8 Å². The molecule has 1 fully saturated rings. The van der Waals surface area contributed by atoms with Crippen LogP contribution in [0.3, 0.4) is 0 Å². The Morgan fingerprint density at radius 1 is 0.914 bits per heavy atom. The molecule has 0 aromatic heterocycles. The van der Waals surface area contributed by atoms with Crippen LogP contribution in [0.1, 0.15) is 31.2 Å². The largest absolute Gasteiger partial charge is 0.326 e. The number of thiocarbonyl (C=S) groups is 1. The van der Waals surface area contributed by atoms with Gasteiger partial charge in [0.1, 0.15) is 4.32 Å². The number of nitrogens with zero attached hydrogens (tertiary/aromatic N) is 1. The second kappa shape index (κ2) is 12.2. The van der Waals surface area contributed by atoms with Crippen molar-refractivity contribution in [3.8, 4) is 11.1 Å². The Balaban J connectivity index is 1.23. The highest BCUT2D eigenvalue weighted by molar-refractivity contribution is 8.26. The molecule has 1 N–H and O–H groups in total. The number of amides is 2. The highest BCUT2D eigenvalue weighted by atomic mass is 35.5. The topological polar surface area (TPSA) is 49.4 Å². The molecule has 1 heterocycles. The average molecular weight is 521 g/mol. The van der Waals surface area contributed by atoms with Gasteiger partial charge in [0.25, 0.3) is 5.91 Å². The van der Waals surface area contributed by atoms with Crippen LogP contribution in [0.5, 0.6) is 0 Å². The van der Waals surface area contributed by atoms with Gasteiger partial charge in [0.05, 0.1) is 4.91 Å². The fourth-order valence-corrected chi connectivity index (χ4v) is 5.17. The summed E-state index contributed by atoms with van der Waals surface area (Å²) >= 11 is 12.7. The molecule has 2 amide bonds. The van der Waals surface area contributed by atoms with Gasteiger partial charge in [-0.15, -0.1) is 0 Å². The maximum Gasteiger partial charge on any atom is 0.266 e. The second-order valence-corrected chi connectivity index (χ2v) is 10.3. The average Bonchev–Trinajstić information content (AvgIpc) is 3.13. The molecule has 0 unspecified atom stereocenters. The van der Waals surface area contributed by atoms with Crippen LogP contribution in [-0.2, 0) is 9.59 Å². The fraction of sp³-hybridized carbons (Fsp3) is 0.179. The molecule has 3 aromatic rings. The van der Waals surface area contributed by atoms with Crippen molar-refractivity contribution >= 4 is 63.5 Å². The predicted octanol–water partition coefficient (Wildman–Crippen LogP) is 7.41. The molecule has 4 rings (SSSR count). The number of carbonyl (C=O) groups excluding carboxylic acids is 2. The summed E-state index contributed by atoms with van der Waals surface area (Å²) in [5.74, 6) is -0.0771. The Morgan fingerprint density at radius 2 is 1.60 bits per heavy atom. The van der Waals surface area contributed by atoms with Crippen molar-refractivity contribution in [1.29, 1.82) is 0 Å². The van der Waals surface area contributed by atoms with E-state index in [0.29, 0.717) is 27.2 Å². The van der Waals surface area contributed by atoms with Crippen molar-refractivity contribution in [3.63, 3.8) is 0 Å². The van der Waals surface area contributed by atoms with Gasteiger partial charge in [-0.3, -0.25) is 14.5 Å². The Bertz CT molecular complexity index is 1230. The number of carbonyl (C=O) groups is 2. The first-order chi connectivity index (χ1) is 17.0. The lowest BCUT2D eigenvalue weighted by Crippen LogP contribution is -2.29. The van der Waals surface area contributed by atoms with Crippen LogP contribution in [-0.4, -0.2) is 27.6 Å². The summed E-state index contributed by atoms with van der Waals surface area (Å²) in [6.45, 7) is 0.563. The number of hydrogen-bond acceptors (Lipinski definition) is 4. The summed E-state index contributed by atoms with van der Waals surface area (Å²) in [7, 11) is 0. The van der Waals surface area contributed by atoms with E-state index in [1.54, 1.807) is 29.2 Å². The van der Waals surface area contributed by atoms with E-state index >= 15 is 0 Å². The lowest BCUT2D eigenvalue weighted by Gasteiger charge is -2.14. The molecule has 3 aromatic carbocycles. The molecule has 0 radical (unpaired) electrons. The van der Waals surface area contributed by atoms with E-state index in [9.17, 15) is 9.59 Å². The smallest absolute Gasteiger partial charge is 0.266 e. The van der Waals surface area contributed by atoms with Gasteiger partial charge >= 0.3 is 0 Å². The molecule has 1 aliphatic rings. The third-order valence-electron chi connectivity index (χ3n) is 5.60. The van der Waals surface area contributed by atoms with Gasteiger partial charge in [-0.2, -0.15) is 0 Å². The SMILES string of the molecule is O=C(CCCCCN1C(=O)/C(=C/c2ccc(-c3ccccc3)cc2)SC1=S)Nc1ccc(Cl)cc1. The standard InChI is InChI=1S/C28H25ClN2O2S2/c29-23-14-16-24(17-15-23)30-26(32)9-5-2-6-18-31-27(33)25(35-28(31)34)19-20-10-12-22(13-11-20)21-7-3-1-4-8-21/h1,3-4,7-8,10-17,19H,2,5-6,9,18H2,(H,30,32)/b25-19-. The minimum atomic E-state index is -0.0485. The van der Waals surface area contributed by atoms with Crippen molar-refractivity contribution in [2.75, 3.05) is 11.9 Å². The van der Waals surface area contributed by atoms with E-state index in [1.807, 2.05) is 36.4 Å². The van der Waals surface area contributed by atoms with Crippen LogP contribution in [0.2, 0.25) is 5.02 Å². The summed E-state index contributed by atoms with van der Waals surface area (Å²) in [5, 5.41) is 3.50. The van der Waals surface area contributed by atoms with E-state index in [2.05, 4.69) is 29.6 Å². The Hall–Kier alpha value is -2.93. The minimum absolute atomic E-state index is 0.0286. The Morgan fingerprint density at radius 3 is 2.31 bits per heavy atom. The molecule has 1 aliphatic heterocycles. The number of nitrogens with one attached hydrogen (secondary N) is 1. The molecular weight excluding hydrogens is 496 g/mol. The van der Waals surface area contributed by atoms with Crippen LogP contribution in [0, 0.1) is 0 Å². The summed E-state index contributed by atoms with van der Waals surface area (Å²) in [6, 6.07) is 25.4. The van der Waals surface area contributed by atoms with Gasteiger partial charge < -0.3 is 5.32 Å². The molecule has 1 saturated heterocycles. The molecule has 0 saturated carbocycles. The van der Waals surface area contributed by atoms with Crippen molar-refractivity contribution in [2.24, 2.45) is 0 Å². The number of anilines is 1. The normalized spacial score (nSPS) is 14.5. The summed E-state index contributed by atoms with van der Waals surface area (Å²) < 4.78 is 0.586. The molecule has 0 spiro atoms. The van der Waals surface area contributed by atoms with Gasteiger partial charge in [-0.25, -0.2) is 0 Å². The zero-order valence-electron chi connectivity index (χ0n) is 19.1. The molecule has 7 heteroatoms. The quantitative estimate of drug-likeness (QED) is 0.181. The van der Waals surface area contributed by atoms with Crippen LogP contribution < -0.4 is 5.32 Å². The number of hydrogen-bond donors (Lipinski definition) is 1. The minimum Gasteiger partial charge on any atom is -0.326 e. The number of thioether (sulfide) groups is 1. The summed E-state index contributed by atoms with van der Waals surface area (Å²) in [6.07, 6.45) is 4.71.